The lowest BCUT2D eigenvalue weighted by molar-refractivity contribution is 0.244. The highest BCUT2D eigenvalue weighted by molar-refractivity contribution is 5.35. The van der Waals surface area contributed by atoms with Crippen molar-refractivity contribution in [2.45, 2.75) is 6.42 Å². The van der Waals surface area contributed by atoms with Crippen LogP contribution in [-0.4, -0.2) is 37.6 Å². The number of terminal acetylenes is 1. The molecule has 1 heterocycles. The Morgan fingerprint density at radius 2 is 2.12 bits per heavy atom. The zero-order valence-corrected chi connectivity index (χ0v) is 9.58. The molecule has 84 valence electrons. The number of nitrogens with zero attached hydrogens (tertiary/aromatic N) is 1. The Morgan fingerprint density at radius 3 is 2.88 bits per heavy atom. The fourth-order valence-corrected chi connectivity index (χ4v) is 2.04. The smallest absolute Gasteiger partial charge is 0.0245 e. The minimum Gasteiger partial charge on any atom is -0.314 e. The molecule has 0 saturated carbocycles. The zero-order chi connectivity index (χ0) is 11.2. The molecule has 0 bridgehead atoms. The molecule has 0 aromatic heterocycles. The van der Waals surface area contributed by atoms with E-state index in [0.717, 1.165) is 44.7 Å². The summed E-state index contributed by atoms with van der Waals surface area (Å²) in [7, 11) is 0. The summed E-state index contributed by atoms with van der Waals surface area (Å²) in [5.41, 5.74) is 2.33. The molecule has 1 aliphatic rings. The summed E-state index contributed by atoms with van der Waals surface area (Å²) in [6.45, 7) is 5.69. The number of rotatable bonds is 3. The summed E-state index contributed by atoms with van der Waals surface area (Å²) >= 11 is 0. The van der Waals surface area contributed by atoms with Crippen LogP contribution in [0.4, 0.5) is 0 Å². The fourth-order valence-electron chi connectivity index (χ4n) is 2.04. The molecule has 16 heavy (non-hydrogen) atoms. The molecular formula is C14H18N2. The molecule has 0 spiro atoms. The van der Waals surface area contributed by atoms with Crippen LogP contribution in [0.25, 0.3) is 0 Å². The van der Waals surface area contributed by atoms with Crippen LogP contribution in [0, 0.1) is 12.3 Å². The second-order valence-electron chi connectivity index (χ2n) is 4.19. The third kappa shape index (κ3) is 3.10. The summed E-state index contributed by atoms with van der Waals surface area (Å²) in [5.74, 6) is 2.68. The van der Waals surface area contributed by atoms with E-state index in [2.05, 4.69) is 28.3 Å². The number of nitrogens with one attached hydrogen (secondary N) is 1. The Hall–Kier alpha value is -1.30. The quantitative estimate of drug-likeness (QED) is 0.758. The van der Waals surface area contributed by atoms with Gasteiger partial charge in [-0.2, -0.15) is 0 Å². The molecule has 1 N–H and O–H groups in total. The first kappa shape index (κ1) is 11.2. The normalized spacial score (nSPS) is 16.9. The van der Waals surface area contributed by atoms with Gasteiger partial charge in [-0.05, 0) is 24.1 Å². The van der Waals surface area contributed by atoms with Gasteiger partial charge in [-0.25, -0.2) is 0 Å². The van der Waals surface area contributed by atoms with Crippen molar-refractivity contribution < 1.29 is 0 Å². The highest BCUT2D eigenvalue weighted by Crippen LogP contribution is 2.06. The molecule has 0 unspecified atom stereocenters. The summed E-state index contributed by atoms with van der Waals surface area (Å²) in [6, 6.07) is 8.29. The van der Waals surface area contributed by atoms with Crippen molar-refractivity contribution in [3.63, 3.8) is 0 Å². The molecule has 0 radical (unpaired) electrons. The molecule has 0 aliphatic carbocycles. The number of hydrogen-bond donors (Lipinski definition) is 1. The summed E-state index contributed by atoms with van der Waals surface area (Å²) < 4.78 is 0. The molecule has 1 saturated heterocycles. The van der Waals surface area contributed by atoms with E-state index in [0.29, 0.717) is 0 Å². The fraction of sp³-hybridized carbons (Fsp3) is 0.429. The Balaban J connectivity index is 1.86. The van der Waals surface area contributed by atoms with Gasteiger partial charge in [0, 0.05) is 38.3 Å². The Bertz CT molecular complexity index is 373. The summed E-state index contributed by atoms with van der Waals surface area (Å²) in [4.78, 5) is 2.50. The maximum absolute atomic E-state index is 5.39. The number of benzene rings is 1. The first-order chi connectivity index (χ1) is 7.88. The summed E-state index contributed by atoms with van der Waals surface area (Å²) in [5, 5.41) is 3.36. The average molecular weight is 214 g/mol. The highest BCUT2D eigenvalue weighted by Gasteiger charge is 2.08. The van der Waals surface area contributed by atoms with E-state index in [9.17, 15) is 0 Å². The van der Waals surface area contributed by atoms with Gasteiger partial charge < -0.3 is 10.2 Å². The zero-order valence-electron chi connectivity index (χ0n) is 9.58. The van der Waals surface area contributed by atoms with Gasteiger partial charge in [0.1, 0.15) is 0 Å². The van der Waals surface area contributed by atoms with Crippen molar-refractivity contribution in [2.75, 3.05) is 32.7 Å². The van der Waals surface area contributed by atoms with Crippen molar-refractivity contribution in [1.29, 1.82) is 0 Å². The van der Waals surface area contributed by atoms with Gasteiger partial charge in [-0.3, -0.25) is 0 Å². The van der Waals surface area contributed by atoms with E-state index in [-0.39, 0.29) is 0 Å². The lowest BCUT2D eigenvalue weighted by Crippen LogP contribution is -2.44. The lowest BCUT2D eigenvalue weighted by Gasteiger charge is -2.27. The predicted molar refractivity (Wildman–Crippen MR) is 67.4 cm³/mol. The van der Waals surface area contributed by atoms with Crippen LogP contribution in [0.2, 0.25) is 0 Å². The van der Waals surface area contributed by atoms with Crippen molar-refractivity contribution in [3.05, 3.63) is 35.4 Å². The maximum atomic E-state index is 5.39. The van der Waals surface area contributed by atoms with Crippen molar-refractivity contribution in [3.8, 4) is 12.3 Å². The standard InChI is InChI=1S/C14H18N2/c1-2-13-4-3-5-14(12-13)6-9-16-10-7-15-8-11-16/h1,3-5,12,15H,6-11H2. The minimum atomic E-state index is 0.984. The third-order valence-electron chi connectivity index (χ3n) is 3.02. The molecule has 2 heteroatoms. The van der Waals surface area contributed by atoms with Crippen LogP contribution >= 0.6 is 0 Å². The molecule has 1 aromatic carbocycles. The first-order valence-corrected chi connectivity index (χ1v) is 5.87. The molecular weight excluding hydrogens is 196 g/mol. The van der Waals surface area contributed by atoms with Crippen LogP contribution in [0.3, 0.4) is 0 Å². The van der Waals surface area contributed by atoms with Gasteiger partial charge >= 0.3 is 0 Å². The van der Waals surface area contributed by atoms with Gasteiger partial charge in [-0.15, -0.1) is 6.42 Å². The second-order valence-corrected chi connectivity index (χ2v) is 4.19. The van der Waals surface area contributed by atoms with Crippen LogP contribution in [0.15, 0.2) is 24.3 Å². The SMILES string of the molecule is C#Cc1cccc(CCN2CCNCC2)c1. The van der Waals surface area contributed by atoms with Crippen LogP contribution in [-0.2, 0) is 6.42 Å². The average Bonchev–Trinajstić information content (AvgIpc) is 2.38. The maximum Gasteiger partial charge on any atom is 0.0245 e. The van der Waals surface area contributed by atoms with Crippen LogP contribution in [0.5, 0.6) is 0 Å². The minimum absolute atomic E-state index is 0.984. The Kier molecular flexibility index (Phi) is 3.98. The topological polar surface area (TPSA) is 15.3 Å². The Morgan fingerprint density at radius 1 is 1.31 bits per heavy atom. The van der Waals surface area contributed by atoms with Crippen LogP contribution in [0.1, 0.15) is 11.1 Å². The molecule has 0 amide bonds. The van der Waals surface area contributed by atoms with E-state index in [1.807, 2.05) is 12.1 Å². The van der Waals surface area contributed by atoms with E-state index >= 15 is 0 Å². The molecule has 2 nitrogen and oxygen atoms in total. The van der Waals surface area contributed by atoms with Gasteiger partial charge in [0.05, 0.1) is 0 Å². The largest absolute Gasteiger partial charge is 0.314 e. The molecule has 1 aliphatic heterocycles. The predicted octanol–water partition coefficient (Wildman–Crippen LogP) is 1.12. The van der Waals surface area contributed by atoms with E-state index in [1.54, 1.807) is 0 Å². The molecule has 1 aromatic rings. The van der Waals surface area contributed by atoms with Crippen molar-refractivity contribution >= 4 is 0 Å². The van der Waals surface area contributed by atoms with E-state index in [1.165, 1.54) is 5.56 Å². The molecule has 1 fully saturated rings. The van der Waals surface area contributed by atoms with Crippen molar-refractivity contribution in [2.24, 2.45) is 0 Å². The van der Waals surface area contributed by atoms with Gasteiger partial charge in [0.25, 0.3) is 0 Å². The highest BCUT2D eigenvalue weighted by atomic mass is 15.2. The van der Waals surface area contributed by atoms with Crippen LogP contribution < -0.4 is 5.32 Å². The van der Waals surface area contributed by atoms with Gasteiger partial charge in [0.2, 0.25) is 0 Å². The van der Waals surface area contributed by atoms with E-state index in [4.69, 9.17) is 6.42 Å². The second kappa shape index (κ2) is 5.69. The third-order valence-corrected chi connectivity index (χ3v) is 3.02. The number of piperazine rings is 1. The molecule has 0 atom stereocenters. The van der Waals surface area contributed by atoms with E-state index < -0.39 is 0 Å². The lowest BCUT2D eigenvalue weighted by atomic mass is 10.1. The Labute approximate surface area is 97.7 Å². The molecule has 2 rings (SSSR count). The number of hydrogen-bond acceptors (Lipinski definition) is 2. The van der Waals surface area contributed by atoms with Gasteiger partial charge in [0.15, 0.2) is 0 Å². The monoisotopic (exact) mass is 214 g/mol. The summed E-state index contributed by atoms with van der Waals surface area (Å²) in [6.07, 6.45) is 6.48. The first-order valence-electron chi connectivity index (χ1n) is 5.87. The van der Waals surface area contributed by atoms with Crippen molar-refractivity contribution in [1.82, 2.24) is 10.2 Å². The van der Waals surface area contributed by atoms with Gasteiger partial charge in [-0.1, -0.05) is 18.1 Å².